The first-order chi connectivity index (χ1) is 9.89. The van der Waals surface area contributed by atoms with E-state index in [1.165, 1.54) is 31.5 Å². The Morgan fingerprint density at radius 1 is 1.19 bits per heavy atom. The van der Waals surface area contributed by atoms with Gasteiger partial charge in [0.25, 0.3) is 0 Å². The normalized spacial score (nSPS) is 11.2. The summed E-state index contributed by atoms with van der Waals surface area (Å²) in [5, 5.41) is 0. The third-order valence-electron chi connectivity index (χ3n) is 2.68. The van der Waals surface area contributed by atoms with Crippen LogP contribution in [0, 0.1) is 0 Å². The molecule has 0 fully saturated rings. The van der Waals surface area contributed by atoms with E-state index in [9.17, 15) is 13.2 Å². The first-order valence-corrected chi connectivity index (χ1v) is 5.98. The molecule has 0 radical (unpaired) electrons. The molecule has 0 saturated heterocycles. The summed E-state index contributed by atoms with van der Waals surface area (Å²) in [5.74, 6) is 0.522. The van der Waals surface area contributed by atoms with Gasteiger partial charge in [-0.1, -0.05) is 0 Å². The highest BCUT2D eigenvalue weighted by Gasteiger charge is 2.28. The minimum absolute atomic E-state index is 0.0901. The maximum Gasteiger partial charge on any atom is 0.422 e. The molecule has 1 aromatic carbocycles. The number of benzene rings is 1. The van der Waals surface area contributed by atoms with Gasteiger partial charge in [-0.15, -0.1) is 0 Å². The fraction of sp³-hybridized carbons (Fsp3) is 0.214. The second kappa shape index (κ2) is 5.90. The van der Waals surface area contributed by atoms with Crippen LogP contribution in [0.25, 0.3) is 11.1 Å². The Morgan fingerprint density at radius 3 is 2.52 bits per heavy atom. The van der Waals surface area contributed by atoms with Crippen LogP contribution in [0.4, 0.5) is 18.9 Å². The van der Waals surface area contributed by atoms with Crippen LogP contribution in [0.2, 0.25) is 0 Å². The number of pyridine rings is 1. The smallest absolute Gasteiger partial charge is 0.422 e. The van der Waals surface area contributed by atoms with Crippen LogP contribution < -0.4 is 15.2 Å². The lowest BCUT2D eigenvalue weighted by Gasteiger charge is -2.12. The molecule has 0 bridgehead atoms. The number of hydrogen-bond donors (Lipinski definition) is 1. The number of anilines is 1. The lowest BCUT2D eigenvalue weighted by Crippen LogP contribution is -2.19. The van der Waals surface area contributed by atoms with Crippen LogP contribution in [0.1, 0.15) is 0 Å². The number of alkyl halides is 3. The van der Waals surface area contributed by atoms with E-state index in [-0.39, 0.29) is 5.75 Å². The molecular weight excluding hydrogens is 285 g/mol. The number of nitrogens with zero attached hydrogens (tertiary/aromatic N) is 1. The molecule has 0 spiro atoms. The van der Waals surface area contributed by atoms with Gasteiger partial charge in [0.2, 0.25) is 5.88 Å². The van der Waals surface area contributed by atoms with Gasteiger partial charge >= 0.3 is 6.18 Å². The summed E-state index contributed by atoms with van der Waals surface area (Å²) in [7, 11) is 1.49. The first-order valence-electron chi connectivity index (χ1n) is 5.98. The first kappa shape index (κ1) is 15.0. The van der Waals surface area contributed by atoms with E-state index in [2.05, 4.69) is 4.98 Å². The van der Waals surface area contributed by atoms with E-state index in [4.69, 9.17) is 15.2 Å². The number of nitrogens with two attached hydrogens (primary N) is 1. The average molecular weight is 298 g/mol. The van der Waals surface area contributed by atoms with Gasteiger partial charge in [0.1, 0.15) is 5.75 Å². The highest BCUT2D eigenvalue weighted by molar-refractivity contribution is 5.77. The topological polar surface area (TPSA) is 57.4 Å². The van der Waals surface area contributed by atoms with Gasteiger partial charge in [-0.25, -0.2) is 4.98 Å². The molecule has 0 amide bonds. The van der Waals surface area contributed by atoms with Gasteiger partial charge in [-0.2, -0.15) is 13.2 Å². The predicted octanol–water partition coefficient (Wildman–Crippen LogP) is 3.28. The minimum atomic E-state index is -4.39. The van der Waals surface area contributed by atoms with Crippen molar-refractivity contribution in [2.24, 2.45) is 0 Å². The fourth-order valence-corrected chi connectivity index (χ4v) is 1.70. The molecule has 7 heteroatoms. The zero-order valence-corrected chi connectivity index (χ0v) is 11.1. The summed E-state index contributed by atoms with van der Waals surface area (Å²) < 4.78 is 46.1. The third kappa shape index (κ3) is 4.01. The molecule has 4 nitrogen and oxygen atoms in total. The van der Waals surface area contributed by atoms with Crippen molar-refractivity contribution in [2.45, 2.75) is 6.18 Å². The largest absolute Gasteiger partial charge is 0.484 e. The molecule has 112 valence electrons. The summed E-state index contributed by atoms with van der Waals surface area (Å²) in [4.78, 5) is 4.03. The zero-order valence-electron chi connectivity index (χ0n) is 11.1. The van der Waals surface area contributed by atoms with Crippen LogP contribution in [-0.2, 0) is 0 Å². The molecule has 0 atom stereocenters. The van der Waals surface area contributed by atoms with Gasteiger partial charge in [-0.3, -0.25) is 0 Å². The number of ether oxygens (including phenoxy) is 2. The number of rotatable bonds is 4. The highest BCUT2D eigenvalue weighted by atomic mass is 19.4. The van der Waals surface area contributed by atoms with E-state index in [1.807, 2.05) is 0 Å². The SMILES string of the molecule is COc1ccc(-c2cc(OCC(F)(F)F)ccc2N)cn1. The third-order valence-corrected chi connectivity index (χ3v) is 2.68. The monoisotopic (exact) mass is 298 g/mol. The zero-order chi connectivity index (χ0) is 15.5. The summed E-state index contributed by atoms with van der Waals surface area (Å²) in [6.07, 6.45) is -2.86. The predicted molar refractivity (Wildman–Crippen MR) is 72.2 cm³/mol. The second-order valence-corrected chi connectivity index (χ2v) is 4.24. The van der Waals surface area contributed by atoms with Crippen molar-refractivity contribution >= 4 is 5.69 Å². The Labute approximate surface area is 119 Å². The maximum absolute atomic E-state index is 12.2. The summed E-state index contributed by atoms with van der Waals surface area (Å²) >= 11 is 0. The average Bonchev–Trinajstić information content (AvgIpc) is 2.46. The Kier molecular flexibility index (Phi) is 4.21. The molecule has 0 unspecified atom stereocenters. The molecule has 1 heterocycles. The Balaban J connectivity index is 2.25. The van der Waals surface area contributed by atoms with Crippen LogP contribution in [0.3, 0.4) is 0 Å². The molecular formula is C14H13F3N2O2. The molecule has 0 aliphatic carbocycles. The van der Waals surface area contributed by atoms with Crippen molar-refractivity contribution < 1.29 is 22.6 Å². The van der Waals surface area contributed by atoms with E-state index in [1.54, 1.807) is 12.1 Å². The standard InChI is InChI=1S/C14H13F3N2O2/c1-20-13-5-2-9(7-19-13)11-6-10(3-4-12(11)18)21-8-14(15,16)17/h2-7H,8,18H2,1H3. The van der Waals surface area contributed by atoms with E-state index in [0.29, 0.717) is 22.7 Å². The fourth-order valence-electron chi connectivity index (χ4n) is 1.70. The van der Waals surface area contributed by atoms with Gasteiger partial charge in [0.05, 0.1) is 7.11 Å². The molecule has 2 rings (SSSR count). The van der Waals surface area contributed by atoms with Gasteiger partial charge in [-0.05, 0) is 24.3 Å². The minimum Gasteiger partial charge on any atom is -0.484 e. The summed E-state index contributed by atoms with van der Waals surface area (Å²) in [5.41, 5.74) is 7.46. The number of methoxy groups -OCH3 is 1. The summed E-state index contributed by atoms with van der Waals surface area (Å²) in [6, 6.07) is 7.68. The lowest BCUT2D eigenvalue weighted by atomic mass is 10.1. The van der Waals surface area contributed by atoms with Crippen molar-refractivity contribution in [3.8, 4) is 22.8 Å². The Morgan fingerprint density at radius 2 is 1.95 bits per heavy atom. The van der Waals surface area contributed by atoms with Crippen molar-refractivity contribution in [3.05, 3.63) is 36.5 Å². The van der Waals surface area contributed by atoms with Crippen LogP contribution >= 0.6 is 0 Å². The van der Waals surface area contributed by atoms with E-state index >= 15 is 0 Å². The molecule has 2 aromatic rings. The van der Waals surface area contributed by atoms with Crippen molar-refractivity contribution in [1.29, 1.82) is 0 Å². The Hall–Kier alpha value is -2.44. The molecule has 2 N–H and O–H groups in total. The Bertz CT molecular complexity index is 613. The quantitative estimate of drug-likeness (QED) is 0.880. The van der Waals surface area contributed by atoms with Crippen LogP contribution in [0.5, 0.6) is 11.6 Å². The van der Waals surface area contributed by atoms with Gasteiger partial charge in [0.15, 0.2) is 6.61 Å². The second-order valence-electron chi connectivity index (χ2n) is 4.24. The number of nitrogen functional groups attached to an aromatic ring is 1. The molecule has 0 aliphatic rings. The number of aromatic nitrogens is 1. The van der Waals surface area contributed by atoms with E-state index in [0.717, 1.165) is 0 Å². The number of hydrogen-bond acceptors (Lipinski definition) is 4. The van der Waals surface area contributed by atoms with Crippen molar-refractivity contribution in [3.63, 3.8) is 0 Å². The van der Waals surface area contributed by atoms with E-state index < -0.39 is 12.8 Å². The van der Waals surface area contributed by atoms with Gasteiger partial charge < -0.3 is 15.2 Å². The van der Waals surface area contributed by atoms with Crippen molar-refractivity contribution in [2.75, 3.05) is 19.5 Å². The molecule has 0 aliphatic heterocycles. The molecule has 21 heavy (non-hydrogen) atoms. The molecule has 0 saturated carbocycles. The van der Waals surface area contributed by atoms with Gasteiger partial charge in [0, 0.05) is 29.1 Å². The van der Waals surface area contributed by atoms with Crippen molar-refractivity contribution in [1.82, 2.24) is 4.98 Å². The van der Waals surface area contributed by atoms with Crippen LogP contribution in [-0.4, -0.2) is 24.9 Å². The molecule has 1 aromatic heterocycles. The summed E-state index contributed by atoms with van der Waals surface area (Å²) in [6.45, 7) is -1.35. The van der Waals surface area contributed by atoms with Crippen LogP contribution in [0.15, 0.2) is 36.5 Å². The number of halogens is 3. The maximum atomic E-state index is 12.2. The lowest BCUT2D eigenvalue weighted by molar-refractivity contribution is -0.153. The highest BCUT2D eigenvalue weighted by Crippen LogP contribution is 2.30.